The van der Waals surface area contributed by atoms with E-state index < -0.39 is 18.1 Å². The van der Waals surface area contributed by atoms with Crippen LogP contribution in [-0.2, 0) is 4.74 Å². The lowest BCUT2D eigenvalue weighted by Crippen LogP contribution is -2.40. The number of piperidine rings is 1. The van der Waals surface area contributed by atoms with Gasteiger partial charge in [0.05, 0.1) is 18.2 Å². The number of carbonyl (C=O) groups excluding carboxylic acids is 1. The number of aromatic nitrogens is 1. The number of alkyl halides is 3. The van der Waals surface area contributed by atoms with Crippen LogP contribution < -0.4 is 16.0 Å². The van der Waals surface area contributed by atoms with Crippen molar-refractivity contribution in [3.63, 3.8) is 0 Å². The minimum Gasteiger partial charge on any atom is -0.462 e. The van der Waals surface area contributed by atoms with Gasteiger partial charge < -0.3 is 20.7 Å². The molecule has 0 aromatic carbocycles. The first-order valence-corrected chi connectivity index (χ1v) is 7.75. The van der Waals surface area contributed by atoms with Crippen molar-refractivity contribution in [3.8, 4) is 0 Å². The molecule has 0 spiro atoms. The summed E-state index contributed by atoms with van der Waals surface area (Å²) >= 11 is 0. The van der Waals surface area contributed by atoms with Crippen LogP contribution >= 0.6 is 0 Å². The number of esters is 1. The smallest absolute Gasteiger partial charge is 0.391 e. The molecule has 134 valence electrons. The van der Waals surface area contributed by atoms with E-state index in [-0.39, 0.29) is 43.8 Å². The third kappa shape index (κ3) is 3.82. The van der Waals surface area contributed by atoms with Crippen LogP contribution in [0.4, 0.5) is 30.5 Å². The van der Waals surface area contributed by atoms with E-state index in [1.807, 2.05) is 0 Å². The Hall–Kier alpha value is -2.19. The number of nitrogens with one attached hydrogen (secondary N) is 1. The summed E-state index contributed by atoms with van der Waals surface area (Å²) in [5, 5.41) is 2.81. The van der Waals surface area contributed by atoms with Crippen molar-refractivity contribution in [1.29, 1.82) is 0 Å². The van der Waals surface area contributed by atoms with Crippen LogP contribution in [0.2, 0.25) is 0 Å². The van der Waals surface area contributed by atoms with Gasteiger partial charge in [0.1, 0.15) is 11.4 Å². The van der Waals surface area contributed by atoms with Crippen LogP contribution in [0.3, 0.4) is 0 Å². The molecule has 0 radical (unpaired) electrons. The van der Waals surface area contributed by atoms with Crippen molar-refractivity contribution in [2.75, 3.05) is 42.7 Å². The third-order valence-electron chi connectivity index (χ3n) is 4.02. The molecular weight excluding hydrogens is 325 g/mol. The fourth-order valence-corrected chi connectivity index (χ4v) is 2.74. The Morgan fingerprint density at radius 2 is 2.08 bits per heavy atom. The van der Waals surface area contributed by atoms with Crippen molar-refractivity contribution in [3.05, 3.63) is 11.6 Å². The maximum Gasteiger partial charge on any atom is 0.391 e. The quantitative estimate of drug-likeness (QED) is 0.816. The SMILES string of the molecule is CCOC(=O)c1cc(N)c(NC)nc1N1CCC(C(F)(F)F)CC1. The fourth-order valence-electron chi connectivity index (χ4n) is 2.74. The van der Waals surface area contributed by atoms with Crippen molar-refractivity contribution in [2.24, 2.45) is 5.92 Å². The van der Waals surface area contributed by atoms with Crippen LogP contribution in [-0.4, -0.2) is 43.9 Å². The Balaban J connectivity index is 2.30. The highest BCUT2D eigenvalue weighted by atomic mass is 19.4. The first-order chi connectivity index (χ1) is 11.3. The van der Waals surface area contributed by atoms with Gasteiger partial charge in [0.25, 0.3) is 0 Å². The van der Waals surface area contributed by atoms with Gasteiger partial charge in [-0.3, -0.25) is 0 Å². The van der Waals surface area contributed by atoms with Crippen molar-refractivity contribution in [1.82, 2.24) is 4.98 Å². The molecule has 1 aliphatic heterocycles. The molecule has 0 bridgehead atoms. The molecule has 1 fully saturated rings. The minimum atomic E-state index is -4.19. The van der Waals surface area contributed by atoms with E-state index >= 15 is 0 Å². The van der Waals surface area contributed by atoms with Gasteiger partial charge in [0.15, 0.2) is 5.82 Å². The summed E-state index contributed by atoms with van der Waals surface area (Å²) in [6, 6.07) is 1.45. The van der Waals surface area contributed by atoms with Crippen LogP contribution in [0.1, 0.15) is 30.1 Å². The van der Waals surface area contributed by atoms with E-state index in [0.717, 1.165) is 0 Å². The lowest BCUT2D eigenvalue weighted by molar-refractivity contribution is -0.179. The number of nitrogens with zero attached hydrogens (tertiary/aromatic N) is 2. The van der Waals surface area contributed by atoms with Gasteiger partial charge in [-0.25, -0.2) is 9.78 Å². The summed E-state index contributed by atoms with van der Waals surface area (Å²) in [5.41, 5.74) is 6.28. The highest BCUT2D eigenvalue weighted by molar-refractivity contribution is 5.97. The highest BCUT2D eigenvalue weighted by Crippen LogP contribution is 2.36. The maximum absolute atomic E-state index is 12.8. The van der Waals surface area contributed by atoms with Gasteiger partial charge in [-0.05, 0) is 25.8 Å². The standard InChI is InChI=1S/C15H21F3N4O2/c1-3-24-14(23)10-8-11(19)12(20-2)21-13(10)22-6-4-9(5-7-22)15(16,17)18/h8-9H,3-7,19H2,1-2H3,(H,20,21). The van der Waals surface area contributed by atoms with Gasteiger partial charge in [-0.15, -0.1) is 0 Å². The molecule has 0 atom stereocenters. The molecule has 2 heterocycles. The molecule has 1 aromatic rings. The Morgan fingerprint density at radius 3 is 2.58 bits per heavy atom. The van der Waals surface area contributed by atoms with Gasteiger partial charge in [0.2, 0.25) is 0 Å². The molecule has 2 rings (SSSR count). The average molecular weight is 346 g/mol. The summed E-state index contributed by atoms with van der Waals surface area (Å²) in [4.78, 5) is 18.1. The summed E-state index contributed by atoms with van der Waals surface area (Å²) in [5.74, 6) is -1.24. The second kappa shape index (κ2) is 7.14. The zero-order valence-corrected chi connectivity index (χ0v) is 13.6. The van der Waals surface area contributed by atoms with Crippen molar-refractivity contribution < 1.29 is 22.7 Å². The number of nitrogens with two attached hydrogens (primary N) is 1. The Morgan fingerprint density at radius 1 is 1.46 bits per heavy atom. The number of hydrogen-bond donors (Lipinski definition) is 2. The molecule has 1 aromatic heterocycles. The number of pyridine rings is 1. The molecule has 24 heavy (non-hydrogen) atoms. The molecule has 9 heteroatoms. The van der Waals surface area contributed by atoms with E-state index in [1.54, 1.807) is 18.9 Å². The van der Waals surface area contributed by atoms with Crippen LogP contribution in [0.5, 0.6) is 0 Å². The molecular formula is C15H21F3N4O2. The second-order valence-corrected chi connectivity index (χ2v) is 5.57. The van der Waals surface area contributed by atoms with Crippen molar-refractivity contribution >= 4 is 23.3 Å². The molecule has 0 aliphatic carbocycles. The monoisotopic (exact) mass is 346 g/mol. The lowest BCUT2D eigenvalue weighted by Gasteiger charge is -2.34. The second-order valence-electron chi connectivity index (χ2n) is 5.57. The zero-order chi connectivity index (χ0) is 17.9. The summed E-state index contributed by atoms with van der Waals surface area (Å²) in [7, 11) is 1.63. The Kier molecular flexibility index (Phi) is 5.40. The summed E-state index contributed by atoms with van der Waals surface area (Å²) in [6.07, 6.45) is -4.26. The number of carbonyl (C=O) groups is 1. The largest absolute Gasteiger partial charge is 0.462 e. The third-order valence-corrected chi connectivity index (χ3v) is 4.02. The predicted molar refractivity (Wildman–Crippen MR) is 85.1 cm³/mol. The average Bonchev–Trinajstić information content (AvgIpc) is 2.54. The van der Waals surface area contributed by atoms with E-state index in [4.69, 9.17) is 10.5 Å². The van der Waals surface area contributed by atoms with E-state index in [0.29, 0.717) is 11.6 Å². The molecule has 0 amide bonds. The van der Waals surface area contributed by atoms with Gasteiger partial charge in [-0.1, -0.05) is 0 Å². The number of rotatable bonds is 4. The Bertz CT molecular complexity index is 599. The first kappa shape index (κ1) is 18.2. The van der Waals surface area contributed by atoms with Gasteiger partial charge in [0, 0.05) is 20.1 Å². The summed E-state index contributed by atoms with van der Waals surface area (Å²) in [6.45, 7) is 2.18. The molecule has 6 nitrogen and oxygen atoms in total. The number of ether oxygens (including phenoxy) is 1. The molecule has 3 N–H and O–H groups in total. The minimum absolute atomic E-state index is 0.0350. The number of halogens is 3. The van der Waals surface area contributed by atoms with Crippen LogP contribution in [0.25, 0.3) is 0 Å². The topological polar surface area (TPSA) is 80.5 Å². The zero-order valence-electron chi connectivity index (χ0n) is 13.6. The predicted octanol–water partition coefficient (Wildman–Crippen LogP) is 2.66. The molecule has 0 unspecified atom stereocenters. The lowest BCUT2D eigenvalue weighted by atomic mass is 9.96. The van der Waals surface area contributed by atoms with Gasteiger partial charge in [-0.2, -0.15) is 13.2 Å². The summed E-state index contributed by atoms with van der Waals surface area (Å²) < 4.78 is 43.4. The molecule has 0 saturated carbocycles. The van der Waals surface area contributed by atoms with Crippen LogP contribution in [0.15, 0.2) is 6.07 Å². The van der Waals surface area contributed by atoms with Gasteiger partial charge >= 0.3 is 12.1 Å². The van der Waals surface area contributed by atoms with Crippen molar-refractivity contribution in [2.45, 2.75) is 25.9 Å². The molecule has 1 saturated heterocycles. The van der Waals surface area contributed by atoms with E-state index in [9.17, 15) is 18.0 Å². The first-order valence-electron chi connectivity index (χ1n) is 7.75. The fraction of sp³-hybridized carbons (Fsp3) is 0.600. The molecule has 1 aliphatic rings. The number of nitrogen functional groups attached to an aromatic ring is 1. The van der Waals surface area contributed by atoms with E-state index in [1.165, 1.54) is 6.07 Å². The number of anilines is 3. The number of hydrogen-bond acceptors (Lipinski definition) is 6. The van der Waals surface area contributed by atoms with E-state index in [2.05, 4.69) is 10.3 Å². The normalized spacial score (nSPS) is 16.1. The Labute approximate surface area is 138 Å². The van der Waals surface area contributed by atoms with Crippen LogP contribution in [0, 0.1) is 5.92 Å². The maximum atomic E-state index is 12.8. The highest BCUT2D eigenvalue weighted by Gasteiger charge is 2.41.